The fraction of sp³-hybridized carbons (Fsp3) is 0.320. The summed E-state index contributed by atoms with van der Waals surface area (Å²) in [6.45, 7) is 6.15. The van der Waals surface area contributed by atoms with E-state index in [1.54, 1.807) is 6.20 Å². The molecule has 0 saturated carbocycles. The Morgan fingerprint density at radius 1 is 0.971 bits per heavy atom. The van der Waals surface area contributed by atoms with Crippen LogP contribution in [0.15, 0.2) is 30.5 Å². The first-order valence-corrected chi connectivity index (χ1v) is 11.4. The van der Waals surface area contributed by atoms with Gasteiger partial charge in [0.15, 0.2) is 5.65 Å². The number of aryl methyl sites for hydroxylation is 3. The fourth-order valence-corrected chi connectivity index (χ4v) is 4.35. The van der Waals surface area contributed by atoms with Crippen LogP contribution in [0.3, 0.4) is 0 Å². The molecule has 9 heteroatoms. The number of rotatable bonds is 3. The minimum atomic E-state index is -0.860. The van der Waals surface area contributed by atoms with Crippen molar-refractivity contribution in [1.82, 2.24) is 24.9 Å². The van der Waals surface area contributed by atoms with Crippen LogP contribution in [0, 0.1) is 32.4 Å². The lowest BCUT2D eigenvalue weighted by Gasteiger charge is -2.29. The van der Waals surface area contributed by atoms with Crippen LogP contribution in [0.2, 0.25) is 5.02 Å². The highest BCUT2D eigenvalue weighted by molar-refractivity contribution is 6.31. The quantitative estimate of drug-likeness (QED) is 0.335. The van der Waals surface area contributed by atoms with Crippen LogP contribution < -0.4 is 0 Å². The van der Waals surface area contributed by atoms with Crippen molar-refractivity contribution in [3.63, 3.8) is 0 Å². The number of benzene rings is 1. The van der Waals surface area contributed by atoms with E-state index in [1.807, 2.05) is 32.9 Å². The van der Waals surface area contributed by atoms with Gasteiger partial charge in [-0.3, -0.25) is 4.98 Å². The number of halogens is 3. The number of pyridine rings is 1. The van der Waals surface area contributed by atoms with Gasteiger partial charge in [0, 0.05) is 30.0 Å². The molecule has 0 unspecified atom stereocenters. The third-order valence-corrected chi connectivity index (χ3v) is 6.52. The molecule has 5 rings (SSSR count). The molecule has 0 N–H and O–H groups in total. The largest absolute Gasteiger partial charge is 0.373 e. The van der Waals surface area contributed by atoms with Crippen LogP contribution in [0.4, 0.5) is 8.78 Å². The van der Waals surface area contributed by atoms with E-state index in [0.717, 1.165) is 17.0 Å². The van der Waals surface area contributed by atoms with E-state index < -0.39 is 16.7 Å². The van der Waals surface area contributed by atoms with Crippen LogP contribution in [0.5, 0.6) is 0 Å². The summed E-state index contributed by atoms with van der Waals surface area (Å²) in [6.07, 6.45) is 3.02. The summed E-state index contributed by atoms with van der Waals surface area (Å²) >= 11 is 5.71. The lowest BCUT2D eigenvalue weighted by atomic mass is 9.91. The second kappa shape index (κ2) is 8.92. The van der Waals surface area contributed by atoms with Crippen LogP contribution in [0.1, 0.15) is 53.3 Å². The van der Waals surface area contributed by atoms with Gasteiger partial charge in [0.2, 0.25) is 0 Å². The number of aromatic nitrogens is 5. The predicted molar refractivity (Wildman–Crippen MR) is 125 cm³/mol. The number of ether oxygens (including phenoxy) is 1. The lowest BCUT2D eigenvalue weighted by molar-refractivity contribution is 0.00393. The highest BCUT2D eigenvalue weighted by atomic mass is 35.5. The number of fused-ring (bicyclic) bond motifs is 1. The summed E-state index contributed by atoms with van der Waals surface area (Å²) in [5.74, 6) is -1.20. The van der Waals surface area contributed by atoms with Crippen molar-refractivity contribution in [1.29, 1.82) is 0 Å². The van der Waals surface area contributed by atoms with Crippen molar-refractivity contribution in [2.24, 2.45) is 0 Å². The first-order chi connectivity index (χ1) is 16.3. The van der Waals surface area contributed by atoms with Crippen molar-refractivity contribution in [3.05, 3.63) is 75.6 Å². The van der Waals surface area contributed by atoms with Gasteiger partial charge >= 0.3 is 0 Å². The second-order valence-electron chi connectivity index (χ2n) is 8.56. The zero-order valence-corrected chi connectivity index (χ0v) is 19.7. The van der Waals surface area contributed by atoms with Gasteiger partial charge in [-0.2, -0.15) is 0 Å². The Morgan fingerprint density at radius 2 is 1.71 bits per heavy atom. The summed E-state index contributed by atoms with van der Waals surface area (Å²) in [5.41, 5.74) is 4.73. The van der Waals surface area contributed by atoms with Crippen molar-refractivity contribution in [3.8, 4) is 11.3 Å². The first kappa shape index (κ1) is 22.7. The van der Waals surface area contributed by atoms with Crippen molar-refractivity contribution in [2.45, 2.75) is 45.6 Å². The van der Waals surface area contributed by atoms with Gasteiger partial charge in [0.1, 0.15) is 33.7 Å². The van der Waals surface area contributed by atoms with Gasteiger partial charge in [0.25, 0.3) is 0 Å². The number of hydrogen-bond acceptors (Lipinski definition) is 6. The molecule has 0 bridgehead atoms. The van der Waals surface area contributed by atoms with Crippen molar-refractivity contribution >= 4 is 22.8 Å². The minimum absolute atomic E-state index is 0.0271. The normalized spacial score (nSPS) is 18.4. The number of hydrogen-bond donors (Lipinski definition) is 0. The Hall–Kier alpha value is -3.10. The second-order valence-corrected chi connectivity index (χ2v) is 8.94. The molecule has 3 aromatic heterocycles. The van der Waals surface area contributed by atoms with Crippen molar-refractivity contribution < 1.29 is 13.5 Å². The average Bonchev–Trinajstić information content (AvgIpc) is 2.82. The molecular formula is C25H22ClF2N5O. The monoisotopic (exact) mass is 481 g/mol. The maximum absolute atomic E-state index is 14.3. The molecule has 0 radical (unpaired) electrons. The first-order valence-electron chi connectivity index (χ1n) is 11.0. The van der Waals surface area contributed by atoms with E-state index in [-0.39, 0.29) is 17.6 Å². The molecule has 1 aliphatic rings. The summed E-state index contributed by atoms with van der Waals surface area (Å²) < 4.78 is 34.7. The van der Waals surface area contributed by atoms with E-state index in [1.165, 1.54) is 12.1 Å². The highest BCUT2D eigenvalue weighted by Crippen LogP contribution is 2.38. The Labute approximate surface area is 200 Å². The molecule has 1 aliphatic heterocycles. The molecule has 0 aliphatic carbocycles. The molecule has 1 aromatic carbocycles. The highest BCUT2D eigenvalue weighted by Gasteiger charge is 2.29. The van der Waals surface area contributed by atoms with E-state index in [0.29, 0.717) is 47.8 Å². The third-order valence-electron chi connectivity index (χ3n) is 6.16. The minimum Gasteiger partial charge on any atom is -0.373 e. The summed E-state index contributed by atoms with van der Waals surface area (Å²) in [7, 11) is 0. The SMILES string of the molecule is Cc1cc([C@H]2C[C@@H](c3nc(-c4cc(F)c(Cl)c(F)c4)c4nc(C)c(C)nc4n3)CCO2)ccn1. The lowest BCUT2D eigenvalue weighted by Crippen LogP contribution is -2.21. The molecule has 4 heterocycles. The molecular weight excluding hydrogens is 460 g/mol. The molecule has 6 nitrogen and oxygen atoms in total. The third kappa shape index (κ3) is 4.23. The van der Waals surface area contributed by atoms with Crippen LogP contribution in [0.25, 0.3) is 22.4 Å². The summed E-state index contributed by atoms with van der Waals surface area (Å²) in [4.78, 5) is 23.0. The predicted octanol–water partition coefficient (Wildman–Crippen LogP) is 5.97. The van der Waals surface area contributed by atoms with Gasteiger partial charge in [-0.15, -0.1) is 0 Å². The smallest absolute Gasteiger partial charge is 0.182 e. The maximum atomic E-state index is 14.3. The fourth-order valence-electron chi connectivity index (χ4n) is 4.24. The Kier molecular flexibility index (Phi) is 5.95. The number of nitrogens with zero attached hydrogens (tertiary/aromatic N) is 5. The molecule has 174 valence electrons. The van der Waals surface area contributed by atoms with Crippen LogP contribution in [-0.2, 0) is 4.74 Å². The topological polar surface area (TPSA) is 73.7 Å². The van der Waals surface area contributed by atoms with E-state index in [9.17, 15) is 8.78 Å². The van der Waals surface area contributed by atoms with Gasteiger partial charge in [-0.05, 0) is 63.4 Å². The van der Waals surface area contributed by atoms with Gasteiger partial charge in [0.05, 0.1) is 17.5 Å². The van der Waals surface area contributed by atoms with Crippen LogP contribution >= 0.6 is 11.6 Å². The van der Waals surface area contributed by atoms with E-state index in [4.69, 9.17) is 26.3 Å². The molecule has 1 fully saturated rings. The van der Waals surface area contributed by atoms with Crippen molar-refractivity contribution in [2.75, 3.05) is 6.61 Å². The average molecular weight is 482 g/mol. The molecule has 4 aromatic rings. The molecule has 2 atom stereocenters. The molecule has 1 saturated heterocycles. The zero-order valence-electron chi connectivity index (χ0n) is 18.9. The summed E-state index contributed by atoms with van der Waals surface area (Å²) in [5, 5.41) is -0.555. The Bertz CT molecular complexity index is 1390. The van der Waals surface area contributed by atoms with Gasteiger partial charge in [-0.25, -0.2) is 28.7 Å². The van der Waals surface area contributed by atoms with Gasteiger partial charge in [-0.1, -0.05) is 11.6 Å². The van der Waals surface area contributed by atoms with E-state index >= 15 is 0 Å². The standard InChI is InChI=1S/C25H22ClF2N5O/c1-12-8-15(4-6-29-12)20-11-16(5-7-34-20)24-32-22(17-9-18(27)21(26)19(28)10-17)23-25(33-24)31-14(3)13(2)30-23/h4,6,8-10,16,20H,5,7,11H2,1-3H3/t16-,20+/m0/s1. The molecule has 0 spiro atoms. The Balaban J connectivity index is 1.63. The van der Waals surface area contributed by atoms with Crippen LogP contribution in [-0.4, -0.2) is 31.5 Å². The molecule has 34 heavy (non-hydrogen) atoms. The van der Waals surface area contributed by atoms with Gasteiger partial charge < -0.3 is 4.74 Å². The molecule has 0 amide bonds. The maximum Gasteiger partial charge on any atom is 0.182 e. The summed E-state index contributed by atoms with van der Waals surface area (Å²) in [6, 6.07) is 6.29. The zero-order chi connectivity index (χ0) is 24.0. The Morgan fingerprint density at radius 3 is 2.44 bits per heavy atom. The van der Waals surface area contributed by atoms with E-state index in [2.05, 4.69) is 15.0 Å².